The van der Waals surface area contributed by atoms with Crippen molar-refractivity contribution in [3.05, 3.63) is 83.6 Å². The highest BCUT2D eigenvalue weighted by molar-refractivity contribution is 7.85. The molecule has 156 valence electrons. The van der Waals surface area contributed by atoms with Crippen molar-refractivity contribution >= 4 is 10.1 Å². The molecule has 0 saturated carbocycles. The molecule has 0 aliphatic rings. The molecule has 0 fully saturated rings. The minimum Gasteiger partial charge on any atom is -0.401 e. The molecule has 2 aromatic rings. The van der Waals surface area contributed by atoms with Crippen LogP contribution in [0.2, 0.25) is 0 Å². The minimum absolute atomic E-state index is 0.0246. The van der Waals surface area contributed by atoms with E-state index in [1.54, 1.807) is 12.4 Å². The van der Waals surface area contributed by atoms with Crippen LogP contribution >= 0.6 is 0 Å². The summed E-state index contributed by atoms with van der Waals surface area (Å²) in [5, 5.41) is 0. The lowest BCUT2D eigenvalue weighted by Gasteiger charge is -2.22. The zero-order valence-electron chi connectivity index (χ0n) is 16.9. The van der Waals surface area contributed by atoms with Gasteiger partial charge in [0.1, 0.15) is 0 Å². The number of hydrogen-bond donors (Lipinski definition) is 1. The summed E-state index contributed by atoms with van der Waals surface area (Å²) in [5.74, 6) is 0. The molecule has 0 atom stereocenters. The summed E-state index contributed by atoms with van der Waals surface area (Å²) in [7, 11) is -3.48. The van der Waals surface area contributed by atoms with Gasteiger partial charge in [0, 0.05) is 37.7 Å². The van der Waals surface area contributed by atoms with Crippen LogP contribution in [-0.2, 0) is 34.0 Å². The molecule has 0 spiro atoms. The molecule has 0 bridgehead atoms. The molecule has 2 aromatic heterocycles. The first-order chi connectivity index (χ1) is 13.9. The monoisotopic (exact) mass is 416 g/mol. The lowest BCUT2D eigenvalue weighted by Crippen LogP contribution is -2.28. The van der Waals surface area contributed by atoms with Crippen LogP contribution in [0, 0.1) is 0 Å². The van der Waals surface area contributed by atoms with Crippen molar-refractivity contribution < 1.29 is 12.6 Å². The quantitative estimate of drug-likeness (QED) is 0.444. The maximum Gasteiger partial charge on any atom is 0.264 e. The first-order valence-electron chi connectivity index (χ1n) is 9.37. The molecule has 2 heterocycles. The van der Waals surface area contributed by atoms with Crippen molar-refractivity contribution in [1.29, 1.82) is 0 Å². The van der Waals surface area contributed by atoms with Crippen molar-refractivity contribution in [3.63, 3.8) is 0 Å². The number of nitrogens with zero attached hydrogens (tertiary/aromatic N) is 3. The molecule has 0 radical (unpaired) electrons. The minimum atomic E-state index is -3.48. The highest BCUT2D eigenvalue weighted by Gasteiger charge is 2.10. The number of allylic oxidation sites excluding steroid dienone is 3. The van der Waals surface area contributed by atoms with E-state index in [0.717, 1.165) is 29.8 Å². The molecule has 0 aliphatic carbocycles. The molecule has 2 rings (SSSR count). The smallest absolute Gasteiger partial charge is 0.264 e. The van der Waals surface area contributed by atoms with Crippen LogP contribution < -0.4 is 5.73 Å². The second kappa shape index (κ2) is 11.5. The van der Waals surface area contributed by atoms with E-state index in [0.29, 0.717) is 25.2 Å². The van der Waals surface area contributed by atoms with Gasteiger partial charge in [-0.2, -0.15) is 8.42 Å². The van der Waals surface area contributed by atoms with Crippen LogP contribution in [0.4, 0.5) is 0 Å². The molecular formula is C21H28N4O3S. The summed E-state index contributed by atoms with van der Waals surface area (Å²) >= 11 is 0. The Hall–Kier alpha value is -2.55. The fourth-order valence-corrected chi connectivity index (χ4v) is 2.92. The van der Waals surface area contributed by atoms with Crippen molar-refractivity contribution in [2.45, 2.75) is 33.0 Å². The van der Waals surface area contributed by atoms with Crippen LogP contribution in [0.5, 0.6) is 0 Å². The van der Waals surface area contributed by atoms with Gasteiger partial charge in [0.15, 0.2) is 0 Å². The Morgan fingerprint density at radius 3 is 2.52 bits per heavy atom. The largest absolute Gasteiger partial charge is 0.401 e. The third-order valence-electron chi connectivity index (χ3n) is 3.91. The van der Waals surface area contributed by atoms with Gasteiger partial charge in [-0.1, -0.05) is 31.2 Å². The SMILES string of the molecule is CC/C=C\C=C(/N)CN(Cc1ccccn1)Cc1ccc(COS(C)(=O)=O)cn1. The van der Waals surface area contributed by atoms with Gasteiger partial charge in [0.05, 0.1) is 24.3 Å². The highest BCUT2D eigenvalue weighted by Crippen LogP contribution is 2.10. The summed E-state index contributed by atoms with van der Waals surface area (Å²) in [6.07, 6.45) is 11.3. The second-order valence-corrected chi connectivity index (χ2v) is 8.31. The predicted molar refractivity (Wildman–Crippen MR) is 114 cm³/mol. The standard InChI is InChI=1S/C21H28N4O3S/c1-3-4-5-8-19(22)14-25(15-20-9-6-7-12-23-20)16-21-11-10-18(13-24-21)17-28-29(2,26)27/h4-13H,3,14-17,22H2,1-2H3/b5-4-,19-8-. The lowest BCUT2D eigenvalue weighted by molar-refractivity contribution is 0.271. The average molecular weight is 417 g/mol. The maximum absolute atomic E-state index is 11.1. The highest BCUT2D eigenvalue weighted by atomic mass is 32.2. The fourth-order valence-electron chi connectivity index (χ4n) is 2.57. The summed E-state index contributed by atoms with van der Waals surface area (Å²) in [5.41, 5.74) is 9.42. The molecule has 7 nitrogen and oxygen atoms in total. The Morgan fingerprint density at radius 1 is 1.17 bits per heavy atom. The van der Waals surface area contributed by atoms with Gasteiger partial charge in [-0.05, 0) is 36.3 Å². The number of hydrogen-bond acceptors (Lipinski definition) is 7. The van der Waals surface area contributed by atoms with Crippen LogP contribution in [0.15, 0.2) is 66.7 Å². The van der Waals surface area contributed by atoms with Crippen LogP contribution in [0.3, 0.4) is 0 Å². The van der Waals surface area contributed by atoms with Crippen LogP contribution in [0.25, 0.3) is 0 Å². The van der Waals surface area contributed by atoms with E-state index < -0.39 is 10.1 Å². The molecule has 0 unspecified atom stereocenters. The molecule has 2 N–H and O–H groups in total. The first kappa shape index (κ1) is 22.7. The topological polar surface area (TPSA) is 98.4 Å². The van der Waals surface area contributed by atoms with Crippen LogP contribution in [-0.4, -0.2) is 36.1 Å². The van der Waals surface area contributed by atoms with Crippen molar-refractivity contribution in [2.75, 3.05) is 12.8 Å². The molecular weight excluding hydrogens is 388 g/mol. The zero-order valence-corrected chi connectivity index (χ0v) is 17.7. The molecule has 0 saturated heterocycles. The summed E-state index contributed by atoms with van der Waals surface area (Å²) in [6, 6.07) is 9.50. The summed E-state index contributed by atoms with van der Waals surface area (Å²) in [4.78, 5) is 11.0. The Labute approximate surface area is 173 Å². The van der Waals surface area contributed by atoms with Gasteiger partial charge in [-0.15, -0.1) is 0 Å². The van der Waals surface area contributed by atoms with E-state index >= 15 is 0 Å². The fraction of sp³-hybridized carbons (Fsp3) is 0.333. The van der Waals surface area contributed by atoms with Crippen molar-refractivity contribution in [1.82, 2.24) is 14.9 Å². The predicted octanol–water partition coefficient (Wildman–Crippen LogP) is 2.76. The molecule has 0 aromatic carbocycles. The van der Waals surface area contributed by atoms with E-state index in [1.165, 1.54) is 0 Å². The number of aromatic nitrogens is 2. The van der Waals surface area contributed by atoms with Crippen molar-refractivity contribution in [2.24, 2.45) is 5.73 Å². The summed E-state index contributed by atoms with van der Waals surface area (Å²) < 4.78 is 27.0. The summed E-state index contributed by atoms with van der Waals surface area (Å²) in [6.45, 7) is 3.84. The van der Waals surface area contributed by atoms with Gasteiger partial charge in [-0.3, -0.25) is 19.1 Å². The maximum atomic E-state index is 11.1. The average Bonchev–Trinajstić information content (AvgIpc) is 2.68. The Kier molecular flexibility index (Phi) is 8.98. The molecule has 0 aliphatic heterocycles. The first-order valence-corrected chi connectivity index (χ1v) is 11.2. The lowest BCUT2D eigenvalue weighted by atomic mass is 10.2. The van der Waals surface area contributed by atoms with Gasteiger partial charge in [0.25, 0.3) is 10.1 Å². The molecule has 8 heteroatoms. The van der Waals surface area contributed by atoms with Crippen molar-refractivity contribution in [3.8, 4) is 0 Å². The Morgan fingerprint density at radius 2 is 1.93 bits per heavy atom. The zero-order chi connectivity index (χ0) is 21.1. The normalized spacial score (nSPS) is 12.7. The van der Waals surface area contributed by atoms with E-state index in [1.807, 2.05) is 42.5 Å². The number of nitrogens with two attached hydrogens (primary N) is 1. The van der Waals surface area contributed by atoms with Gasteiger partial charge < -0.3 is 5.73 Å². The van der Waals surface area contributed by atoms with E-state index in [9.17, 15) is 8.42 Å². The van der Waals surface area contributed by atoms with Gasteiger partial charge >= 0.3 is 0 Å². The molecule has 0 amide bonds. The van der Waals surface area contributed by atoms with Gasteiger partial charge in [0.2, 0.25) is 0 Å². The third kappa shape index (κ3) is 9.47. The van der Waals surface area contributed by atoms with Crippen LogP contribution in [0.1, 0.15) is 30.3 Å². The van der Waals surface area contributed by atoms with E-state index in [-0.39, 0.29) is 6.61 Å². The van der Waals surface area contributed by atoms with E-state index in [2.05, 4.69) is 27.9 Å². The second-order valence-electron chi connectivity index (χ2n) is 6.67. The third-order valence-corrected chi connectivity index (χ3v) is 4.46. The Balaban J connectivity index is 2.07. The molecule has 29 heavy (non-hydrogen) atoms. The van der Waals surface area contributed by atoms with Gasteiger partial charge in [-0.25, -0.2) is 0 Å². The van der Waals surface area contributed by atoms with E-state index in [4.69, 9.17) is 9.92 Å². The Bertz CT molecular complexity index is 911. The number of rotatable bonds is 11. The number of pyridine rings is 2.